The van der Waals surface area contributed by atoms with Gasteiger partial charge in [-0.05, 0) is 11.6 Å². The third kappa shape index (κ3) is 3.46. The Morgan fingerprint density at radius 3 is 2.68 bits per heavy atom. The van der Waals surface area contributed by atoms with E-state index in [0.717, 1.165) is 16.5 Å². The van der Waals surface area contributed by atoms with Crippen molar-refractivity contribution in [2.24, 2.45) is 11.5 Å². The minimum absolute atomic E-state index is 0. The molecule has 0 aliphatic rings. The van der Waals surface area contributed by atoms with Crippen molar-refractivity contribution in [3.8, 4) is 0 Å². The predicted octanol–water partition coefficient (Wildman–Crippen LogP) is 1.08. The van der Waals surface area contributed by atoms with Crippen LogP contribution in [0, 0.1) is 0 Å². The third-order valence-electron chi connectivity index (χ3n) is 2.62. The molecule has 7 heteroatoms. The van der Waals surface area contributed by atoms with Gasteiger partial charge in [-0.15, -0.1) is 12.4 Å². The number of carbonyl (C=O) groups is 2. The molecular formula is C12H14ClN3O3. The number of carbonyl (C=O) groups excluding carboxylic acids is 2. The van der Waals surface area contributed by atoms with Crippen LogP contribution in [-0.2, 0) is 16.0 Å². The summed E-state index contributed by atoms with van der Waals surface area (Å²) in [6.45, 7) is 0. The number of para-hydroxylation sites is 1. The van der Waals surface area contributed by atoms with Gasteiger partial charge in [-0.2, -0.15) is 0 Å². The Balaban J connectivity index is 0.00000180. The van der Waals surface area contributed by atoms with Crippen LogP contribution in [0.3, 0.4) is 0 Å². The lowest BCUT2D eigenvalue weighted by Crippen LogP contribution is -2.36. The van der Waals surface area contributed by atoms with Gasteiger partial charge in [0, 0.05) is 23.5 Å². The predicted molar refractivity (Wildman–Crippen MR) is 72.9 cm³/mol. The molecular weight excluding hydrogens is 270 g/mol. The van der Waals surface area contributed by atoms with Crippen LogP contribution in [0.25, 0.3) is 10.9 Å². The number of hydrogen-bond acceptors (Lipinski definition) is 4. The number of fused-ring (bicyclic) bond motifs is 1. The first-order valence-corrected chi connectivity index (χ1v) is 5.39. The summed E-state index contributed by atoms with van der Waals surface area (Å²) in [7, 11) is 0. The molecule has 0 radical (unpaired) electrons. The lowest BCUT2D eigenvalue weighted by Gasteiger charge is -2.08. The van der Waals surface area contributed by atoms with Gasteiger partial charge in [0.25, 0.3) is 0 Å². The van der Waals surface area contributed by atoms with Crippen molar-refractivity contribution in [1.29, 1.82) is 0 Å². The lowest BCUT2D eigenvalue weighted by atomic mass is 10.1. The zero-order valence-corrected chi connectivity index (χ0v) is 10.8. The molecule has 0 aliphatic heterocycles. The molecule has 0 fully saturated rings. The van der Waals surface area contributed by atoms with Gasteiger partial charge in [0.1, 0.15) is 6.04 Å². The van der Waals surface area contributed by atoms with E-state index in [9.17, 15) is 9.59 Å². The Kier molecular flexibility index (Phi) is 4.91. The number of ether oxygens (including phenoxy) is 1. The van der Waals surface area contributed by atoms with Gasteiger partial charge in [-0.25, -0.2) is 9.59 Å². The molecule has 1 aromatic carbocycles. The molecule has 2 rings (SSSR count). The van der Waals surface area contributed by atoms with Crippen molar-refractivity contribution in [3.63, 3.8) is 0 Å². The van der Waals surface area contributed by atoms with Gasteiger partial charge in [0.15, 0.2) is 0 Å². The van der Waals surface area contributed by atoms with Crippen LogP contribution < -0.4 is 11.5 Å². The number of esters is 1. The maximum atomic E-state index is 11.4. The van der Waals surface area contributed by atoms with Gasteiger partial charge in [-0.1, -0.05) is 18.2 Å². The van der Waals surface area contributed by atoms with E-state index in [4.69, 9.17) is 11.5 Å². The van der Waals surface area contributed by atoms with Gasteiger partial charge in [0.05, 0.1) is 0 Å². The topological polar surface area (TPSA) is 111 Å². The first kappa shape index (κ1) is 15.0. The number of primary amides is 1. The number of benzene rings is 1. The zero-order valence-electron chi connectivity index (χ0n) is 9.96. The first-order chi connectivity index (χ1) is 8.58. The largest absolute Gasteiger partial charge is 0.412 e. The summed E-state index contributed by atoms with van der Waals surface area (Å²) in [5, 5.41) is 0.986. The molecule has 2 aromatic rings. The van der Waals surface area contributed by atoms with Crippen molar-refractivity contribution in [2.75, 3.05) is 0 Å². The number of hydrogen-bond donors (Lipinski definition) is 3. The van der Waals surface area contributed by atoms with Gasteiger partial charge < -0.3 is 21.2 Å². The standard InChI is InChI=1S/C12H13N3O3.ClH/c13-9(11(16)18-12(14)17)5-7-6-15-10-4-2-1-3-8(7)10;/h1-4,6,9,15H,5,13H2,(H2,14,17);1H. The molecule has 19 heavy (non-hydrogen) atoms. The maximum absolute atomic E-state index is 11.4. The summed E-state index contributed by atoms with van der Waals surface area (Å²) >= 11 is 0. The number of H-pyrrole nitrogens is 1. The number of amides is 1. The molecule has 0 bridgehead atoms. The van der Waals surface area contributed by atoms with Gasteiger partial charge >= 0.3 is 12.1 Å². The van der Waals surface area contributed by atoms with E-state index in [0.29, 0.717) is 0 Å². The molecule has 1 amide bonds. The number of rotatable bonds is 3. The summed E-state index contributed by atoms with van der Waals surface area (Å²) in [5.41, 5.74) is 12.3. The Morgan fingerprint density at radius 2 is 2.00 bits per heavy atom. The fraction of sp³-hybridized carbons (Fsp3) is 0.167. The van der Waals surface area contributed by atoms with E-state index in [1.54, 1.807) is 6.20 Å². The average Bonchev–Trinajstić information content (AvgIpc) is 2.72. The Bertz CT molecular complexity index is 597. The normalized spacial score (nSPS) is 11.6. The van der Waals surface area contributed by atoms with Crippen LogP contribution in [0.2, 0.25) is 0 Å². The number of halogens is 1. The highest BCUT2D eigenvalue weighted by Crippen LogP contribution is 2.18. The highest BCUT2D eigenvalue weighted by molar-refractivity contribution is 5.88. The first-order valence-electron chi connectivity index (χ1n) is 5.39. The zero-order chi connectivity index (χ0) is 13.1. The van der Waals surface area contributed by atoms with Crippen molar-refractivity contribution in [2.45, 2.75) is 12.5 Å². The molecule has 0 spiro atoms. The summed E-state index contributed by atoms with van der Waals surface area (Å²) in [6.07, 6.45) is 0.910. The monoisotopic (exact) mass is 283 g/mol. The summed E-state index contributed by atoms with van der Waals surface area (Å²) in [4.78, 5) is 24.9. The molecule has 102 valence electrons. The Labute approximate surface area is 115 Å². The molecule has 1 aromatic heterocycles. The van der Waals surface area contributed by atoms with E-state index >= 15 is 0 Å². The van der Waals surface area contributed by atoms with Crippen molar-refractivity contribution >= 4 is 35.4 Å². The van der Waals surface area contributed by atoms with Crippen LogP contribution in [0.1, 0.15) is 5.56 Å². The summed E-state index contributed by atoms with van der Waals surface area (Å²) < 4.78 is 4.24. The fourth-order valence-corrected chi connectivity index (χ4v) is 1.80. The van der Waals surface area contributed by atoms with E-state index in [-0.39, 0.29) is 18.8 Å². The highest BCUT2D eigenvalue weighted by atomic mass is 35.5. The number of aromatic amines is 1. The van der Waals surface area contributed by atoms with Gasteiger partial charge in [0.2, 0.25) is 0 Å². The minimum Gasteiger partial charge on any atom is -0.375 e. The quantitative estimate of drug-likeness (QED) is 0.578. The molecule has 1 unspecified atom stereocenters. The van der Waals surface area contributed by atoms with Gasteiger partial charge in [-0.3, -0.25) is 0 Å². The third-order valence-corrected chi connectivity index (χ3v) is 2.62. The molecule has 5 N–H and O–H groups in total. The van der Waals surface area contributed by atoms with Crippen molar-refractivity contribution < 1.29 is 14.3 Å². The van der Waals surface area contributed by atoms with Crippen molar-refractivity contribution in [1.82, 2.24) is 4.98 Å². The van der Waals surface area contributed by atoms with E-state index < -0.39 is 18.1 Å². The lowest BCUT2D eigenvalue weighted by molar-refractivity contribution is -0.138. The molecule has 0 saturated carbocycles. The maximum Gasteiger partial charge on any atom is 0.412 e. The number of nitrogens with one attached hydrogen (secondary N) is 1. The van der Waals surface area contributed by atoms with Crippen LogP contribution in [0.5, 0.6) is 0 Å². The van der Waals surface area contributed by atoms with E-state index in [2.05, 4.69) is 9.72 Å². The highest BCUT2D eigenvalue weighted by Gasteiger charge is 2.19. The Morgan fingerprint density at radius 1 is 1.32 bits per heavy atom. The smallest absolute Gasteiger partial charge is 0.375 e. The Hall–Kier alpha value is -2.05. The molecule has 0 saturated heterocycles. The minimum atomic E-state index is -1.14. The average molecular weight is 284 g/mol. The van der Waals surface area contributed by atoms with Crippen LogP contribution >= 0.6 is 12.4 Å². The molecule has 1 heterocycles. The fourth-order valence-electron chi connectivity index (χ4n) is 1.80. The summed E-state index contributed by atoms with van der Waals surface area (Å²) in [6, 6.07) is 6.73. The molecule has 6 nitrogen and oxygen atoms in total. The van der Waals surface area contributed by atoms with E-state index in [1.807, 2.05) is 24.3 Å². The van der Waals surface area contributed by atoms with Crippen LogP contribution in [0.4, 0.5) is 4.79 Å². The van der Waals surface area contributed by atoms with Crippen LogP contribution in [-0.4, -0.2) is 23.1 Å². The molecule has 1 atom stereocenters. The van der Waals surface area contributed by atoms with Crippen LogP contribution in [0.15, 0.2) is 30.5 Å². The SMILES string of the molecule is Cl.NC(=O)OC(=O)C(N)Cc1c[nH]c2ccccc12. The van der Waals surface area contributed by atoms with E-state index in [1.165, 1.54) is 0 Å². The number of aromatic nitrogens is 1. The van der Waals surface area contributed by atoms with Crippen molar-refractivity contribution in [3.05, 3.63) is 36.0 Å². The second-order valence-corrected chi connectivity index (χ2v) is 3.91. The second kappa shape index (κ2) is 6.21. The molecule has 0 aliphatic carbocycles. The number of nitrogens with two attached hydrogens (primary N) is 2. The summed E-state index contributed by atoms with van der Waals surface area (Å²) in [5.74, 6) is -0.826. The second-order valence-electron chi connectivity index (χ2n) is 3.91.